The number of aromatic nitrogens is 3. The number of aliphatic hydroxyl groups excluding tert-OH is 1. The second-order valence-electron chi connectivity index (χ2n) is 3.37. The molecule has 1 N–H and O–H groups in total. The van der Waals surface area contributed by atoms with Crippen molar-refractivity contribution in [2.45, 2.75) is 13.0 Å². The van der Waals surface area contributed by atoms with Gasteiger partial charge in [-0.05, 0) is 12.5 Å². The van der Waals surface area contributed by atoms with E-state index in [0.29, 0.717) is 5.56 Å². The third-order valence-electron chi connectivity index (χ3n) is 2.11. The van der Waals surface area contributed by atoms with Gasteiger partial charge in [0.15, 0.2) is 0 Å². The summed E-state index contributed by atoms with van der Waals surface area (Å²) in [7, 11) is 0. The van der Waals surface area contributed by atoms with Crippen LogP contribution in [0.4, 0.5) is 0 Å². The maximum atomic E-state index is 10.00. The molecule has 0 fully saturated rings. The van der Waals surface area contributed by atoms with Gasteiger partial charge in [-0.1, -0.05) is 6.07 Å². The van der Waals surface area contributed by atoms with Gasteiger partial charge >= 0.3 is 0 Å². The molecule has 2 rings (SSSR count). The van der Waals surface area contributed by atoms with Crippen LogP contribution in [-0.4, -0.2) is 20.1 Å². The van der Waals surface area contributed by atoms with E-state index in [1.165, 1.54) is 6.33 Å². The summed E-state index contributed by atoms with van der Waals surface area (Å²) in [4.78, 5) is 11.8. The minimum atomic E-state index is -0.710. The molecule has 1 atom stereocenters. The van der Waals surface area contributed by atoms with E-state index in [9.17, 15) is 5.11 Å². The molecule has 0 amide bonds. The second kappa shape index (κ2) is 4.14. The zero-order valence-corrected chi connectivity index (χ0v) is 8.33. The van der Waals surface area contributed by atoms with E-state index in [-0.39, 0.29) is 0 Å². The summed E-state index contributed by atoms with van der Waals surface area (Å²) in [6.45, 7) is 1.94. The topological polar surface area (TPSA) is 58.9 Å². The van der Waals surface area contributed by atoms with Crippen LogP contribution in [-0.2, 0) is 0 Å². The Bertz CT molecular complexity index is 445. The lowest BCUT2D eigenvalue weighted by molar-refractivity contribution is 0.219. The summed E-state index contributed by atoms with van der Waals surface area (Å²) in [5.74, 6) is 0. The Morgan fingerprint density at radius 3 is 2.33 bits per heavy atom. The van der Waals surface area contributed by atoms with Crippen molar-refractivity contribution >= 4 is 0 Å². The Labute approximate surface area is 87.7 Å². The first-order valence-electron chi connectivity index (χ1n) is 4.62. The summed E-state index contributed by atoms with van der Waals surface area (Å²) < 4.78 is 0. The zero-order chi connectivity index (χ0) is 10.7. The van der Waals surface area contributed by atoms with Crippen molar-refractivity contribution in [3.63, 3.8) is 0 Å². The highest BCUT2D eigenvalue weighted by atomic mass is 16.3. The van der Waals surface area contributed by atoms with Gasteiger partial charge in [-0.3, -0.25) is 4.98 Å². The van der Waals surface area contributed by atoms with Crippen LogP contribution in [0, 0.1) is 6.92 Å². The zero-order valence-electron chi connectivity index (χ0n) is 8.33. The van der Waals surface area contributed by atoms with Crippen molar-refractivity contribution in [2.24, 2.45) is 0 Å². The lowest BCUT2D eigenvalue weighted by atomic mass is 10.1. The fourth-order valence-electron chi connectivity index (χ4n) is 1.37. The smallest absolute Gasteiger partial charge is 0.115 e. The highest BCUT2D eigenvalue weighted by Gasteiger charge is 2.10. The van der Waals surface area contributed by atoms with Crippen molar-refractivity contribution in [1.29, 1.82) is 0 Å². The highest BCUT2D eigenvalue weighted by molar-refractivity contribution is 5.26. The van der Waals surface area contributed by atoms with Crippen LogP contribution >= 0.6 is 0 Å². The van der Waals surface area contributed by atoms with E-state index in [1.54, 1.807) is 24.8 Å². The molecule has 4 heteroatoms. The molecule has 2 aromatic rings. The summed E-state index contributed by atoms with van der Waals surface area (Å²) in [6, 6.07) is 1.89. The van der Waals surface area contributed by atoms with E-state index in [0.717, 1.165) is 11.1 Å². The van der Waals surface area contributed by atoms with Crippen molar-refractivity contribution in [1.82, 2.24) is 15.0 Å². The van der Waals surface area contributed by atoms with Crippen LogP contribution in [0.2, 0.25) is 0 Å². The summed E-state index contributed by atoms with van der Waals surface area (Å²) in [5.41, 5.74) is 2.44. The average molecular weight is 201 g/mol. The van der Waals surface area contributed by atoms with Gasteiger partial charge in [0.2, 0.25) is 0 Å². The molecule has 2 aromatic heterocycles. The maximum Gasteiger partial charge on any atom is 0.115 e. The lowest BCUT2D eigenvalue weighted by Crippen LogP contribution is -2.01. The number of nitrogens with zero attached hydrogens (tertiary/aromatic N) is 3. The number of pyridine rings is 1. The van der Waals surface area contributed by atoms with Gasteiger partial charge in [0, 0.05) is 35.9 Å². The van der Waals surface area contributed by atoms with E-state index in [2.05, 4.69) is 15.0 Å². The average Bonchev–Trinajstić information content (AvgIpc) is 2.29. The minimum Gasteiger partial charge on any atom is -0.383 e. The molecule has 0 aromatic carbocycles. The first-order valence-corrected chi connectivity index (χ1v) is 4.62. The Hall–Kier alpha value is -1.81. The molecule has 15 heavy (non-hydrogen) atoms. The Balaban J connectivity index is 2.32. The molecule has 4 nitrogen and oxygen atoms in total. The van der Waals surface area contributed by atoms with E-state index >= 15 is 0 Å². The molecule has 0 aliphatic carbocycles. The van der Waals surface area contributed by atoms with Gasteiger partial charge < -0.3 is 5.11 Å². The fourth-order valence-corrected chi connectivity index (χ4v) is 1.37. The normalized spacial score (nSPS) is 12.4. The van der Waals surface area contributed by atoms with Crippen molar-refractivity contribution in [3.8, 4) is 0 Å². The molecule has 0 saturated carbocycles. The fraction of sp³-hybridized carbons (Fsp3) is 0.182. The molecule has 76 valence electrons. The predicted octanol–water partition coefficient (Wildman–Crippen LogP) is 1.26. The third kappa shape index (κ3) is 2.16. The molecule has 0 saturated heterocycles. The number of aliphatic hydroxyl groups is 1. The van der Waals surface area contributed by atoms with Crippen LogP contribution in [0.15, 0.2) is 37.2 Å². The summed E-state index contributed by atoms with van der Waals surface area (Å²) >= 11 is 0. The molecule has 0 spiro atoms. The van der Waals surface area contributed by atoms with Gasteiger partial charge in [-0.25, -0.2) is 9.97 Å². The van der Waals surface area contributed by atoms with Crippen LogP contribution in [0.3, 0.4) is 0 Å². The number of rotatable bonds is 2. The first-order chi connectivity index (χ1) is 7.27. The number of hydrogen-bond donors (Lipinski definition) is 1. The number of aryl methyl sites for hydroxylation is 1. The van der Waals surface area contributed by atoms with Crippen LogP contribution < -0.4 is 0 Å². The third-order valence-corrected chi connectivity index (χ3v) is 2.11. The molecule has 1 unspecified atom stereocenters. The van der Waals surface area contributed by atoms with Gasteiger partial charge in [0.1, 0.15) is 12.4 Å². The quantitative estimate of drug-likeness (QED) is 0.794. The van der Waals surface area contributed by atoms with Crippen LogP contribution in [0.25, 0.3) is 0 Å². The molecular weight excluding hydrogens is 190 g/mol. The Kier molecular flexibility index (Phi) is 2.69. The monoisotopic (exact) mass is 201 g/mol. The van der Waals surface area contributed by atoms with E-state index < -0.39 is 6.10 Å². The Morgan fingerprint density at radius 1 is 1.00 bits per heavy atom. The van der Waals surface area contributed by atoms with Crippen LogP contribution in [0.5, 0.6) is 0 Å². The first kappa shape index (κ1) is 9.73. The van der Waals surface area contributed by atoms with Gasteiger partial charge in [0.05, 0.1) is 0 Å². The largest absolute Gasteiger partial charge is 0.383 e. The van der Waals surface area contributed by atoms with Crippen molar-refractivity contribution in [2.75, 3.05) is 0 Å². The maximum absolute atomic E-state index is 10.00. The number of hydrogen-bond acceptors (Lipinski definition) is 4. The molecular formula is C11H11N3O. The van der Waals surface area contributed by atoms with Crippen molar-refractivity contribution in [3.05, 3.63) is 53.9 Å². The molecule has 0 aliphatic heterocycles. The summed E-state index contributed by atoms with van der Waals surface area (Å²) in [6.07, 6.45) is 7.31. The van der Waals surface area contributed by atoms with Gasteiger partial charge in [-0.2, -0.15) is 0 Å². The van der Waals surface area contributed by atoms with Crippen molar-refractivity contribution < 1.29 is 5.11 Å². The highest BCUT2D eigenvalue weighted by Crippen LogP contribution is 2.19. The molecule has 0 radical (unpaired) electrons. The molecule has 2 heterocycles. The van der Waals surface area contributed by atoms with Gasteiger partial charge in [0.25, 0.3) is 0 Å². The molecule has 0 aliphatic rings. The van der Waals surface area contributed by atoms with Crippen LogP contribution in [0.1, 0.15) is 22.8 Å². The Morgan fingerprint density at radius 2 is 1.67 bits per heavy atom. The van der Waals surface area contributed by atoms with E-state index in [1.807, 2.05) is 13.0 Å². The standard InChI is InChI=1S/C11H11N3O/c1-8-2-9(4-12-3-8)11(15)10-5-13-7-14-6-10/h2-7,11,15H,1H3. The van der Waals surface area contributed by atoms with E-state index in [4.69, 9.17) is 0 Å². The lowest BCUT2D eigenvalue weighted by Gasteiger charge is -2.10. The second-order valence-corrected chi connectivity index (χ2v) is 3.37. The summed E-state index contributed by atoms with van der Waals surface area (Å²) in [5, 5.41) is 10.00. The molecule has 0 bridgehead atoms. The minimum absolute atomic E-state index is 0.671. The van der Waals surface area contributed by atoms with Gasteiger partial charge in [-0.15, -0.1) is 0 Å². The predicted molar refractivity (Wildman–Crippen MR) is 55.1 cm³/mol. The SMILES string of the molecule is Cc1cncc(C(O)c2cncnc2)c1.